The molecule has 236 valence electrons. The molecule has 0 bridgehead atoms. The third-order valence-electron chi connectivity index (χ3n) is 10.8. The van der Waals surface area contributed by atoms with E-state index < -0.39 is 0 Å². The van der Waals surface area contributed by atoms with Gasteiger partial charge in [0.15, 0.2) is 0 Å². The predicted octanol–water partition coefficient (Wildman–Crippen LogP) is 14.2. The molecule has 0 spiro atoms. The highest BCUT2D eigenvalue weighted by molar-refractivity contribution is 6.26. The third-order valence-corrected chi connectivity index (χ3v) is 10.8. The molecule has 0 amide bonds. The summed E-state index contributed by atoms with van der Waals surface area (Å²) in [5.74, 6) is 1.80. The molecule has 11 rings (SSSR count). The van der Waals surface area contributed by atoms with Gasteiger partial charge in [-0.05, 0) is 124 Å². The maximum Gasteiger partial charge on any atom is 0.135 e. The van der Waals surface area contributed by atoms with Crippen LogP contribution in [0.2, 0.25) is 0 Å². The Labute approximate surface area is 295 Å². The van der Waals surface area contributed by atoms with E-state index in [1.807, 2.05) is 0 Å². The molecule has 0 saturated carbocycles. The van der Waals surface area contributed by atoms with Gasteiger partial charge in [-0.15, -0.1) is 0 Å². The summed E-state index contributed by atoms with van der Waals surface area (Å²) in [6.07, 6.45) is 0. The SMILES string of the molecule is c1ccc(-c2ccc(-c3cc4c5cccc6c5c(cc4c4ccccc34)-c3ccc(-c4ccc5ccccc5c4)cc3O6)c3ccccc23)cc1. The van der Waals surface area contributed by atoms with Crippen LogP contribution in [-0.4, -0.2) is 0 Å². The summed E-state index contributed by atoms with van der Waals surface area (Å²) < 4.78 is 6.76. The summed E-state index contributed by atoms with van der Waals surface area (Å²) in [4.78, 5) is 0. The Balaban J connectivity index is 1.14. The molecule has 10 aromatic rings. The van der Waals surface area contributed by atoms with Crippen molar-refractivity contribution in [3.63, 3.8) is 0 Å². The van der Waals surface area contributed by atoms with E-state index in [9.17, 15) is 0 Å². The van der Waals surface area contributed by atoms with E-state index in [1.165, 1.54) is 87.2 Å². The number of rotatable bonds is 3. The van der Waals surface area contributed by atoms with Crippen molar-refractivity contribution in [3.8, 4) is 56.0 Å². The minimum atomic E-state index is 0.894. The highest BCUT2D eigenvalue weighted by atomic mass is 16.5. The van der Waals surface area contributed by atoms with Gasteiger partial charge in [-0.25, -0.2) is 0 Å². The minimum absolute atomic E-state index is 0.894. The summed E-state index contributed by atoms with van der Waals surface area (Å²) in [6, 6.07) is 66.3. The van der Waals surface area contributed by atoms with Crippen molar-refractivity contribution in [2.75, 3.05) is 0 Å². The Hall–Kier alpha value is -6.70. The zero-order valence-electron chi connectivity index (χ0n) is 27.7. The summed E-state index contributed by atoms with van der Waals surface area (Å²) in [5, 5.41) is 12.4. The molecule has 0 aromatic heterocycles. The molecular formula is C50H30O. The summed E-state index contributed by atoms with van der Waals surface area (Å²) in [6.45, 7) is 0. The second-order valence-corrected chi connectivity index (χ2v) is 13.6. The first-order valence-corrected chi connectivity index (χ1v) is 17.6. The molecule has 0 atom stereocenters. The predicted molar refractivity (Wildman–Crippen MR) is 216 cm³/mol. The van der Waals surface area contributed by atoms with Gasteiger partial charge in [0.2, 0.25) is 0 Å². The molecule has 51 heavy (non-hydrogen) atoms. The first kappa shape index (κ1) is 28.2. The van der Waals surface area contributed by atoms with Gasteiger partial charge in [0.05, 0.1) is 0 Å². The minimum Gasteiger partial charge on any atom is -0.456 e. The van der Waals surface area contributed by atoms with E-state index in [0.717, 1.165) is 22.6 Å². The Kier molecular flexibility index (Phi) is 6.02. The monoisotopic (exact) mass is 646 g/mol. The van der Waals surface area contributed by atoms with Gasteiger partial charge in [-0.1, -0.05) is 146 Å². The summed E-state index contributed by atoms with van der Waals surface area (Å²) >= 11 is 0. The van der Waals surface area contributed by atoms with Crippen LogP contribution in [0.15, 0.2) is 182 Å². The number of hydrogen-bond acceptors (Lipinski definition) is 1. The van der Waals surface area contributed by atoms with E-state index in [2.05, 4.69) is 182 Å². The summed E-state index contributed by atoms with van der Waals surface area (Å²) in [5.41, 5.74) is 9.64. The lowest BCUT2D eigenvalue weighted by Crippen LogP contribution is -1.98. The van der Waals surface area contributed by atoms with Crippen molar-refractivity contribution in [2.45, 2.75) is 0 Å². The molecule has 10 aromatic carbocycles. The highest BCUT2D eigenvalue weighted by Crippen LogP contribution is 2.51. The molecule has 1 nitrogen and oxygen atoms in total. The molecule has 0 saturated heterocycles. The average Bonchev–Trinajstić information content (AvgIpc) is 3.20. The molecular weight excluding hydrogens is 617 g/mol. The Morgan fingerprint density at radius 1 is 0.255 bits per heavy atom. The molecule has 1 aliphatic heterocycles. The molecule has 0 N–H and O–H groups in total. The van der Waals surface area contributed by atoms with Crippen molar-refractivity contribution < 1.29 is 4.74 Å². The lowest BCUT2D eigenvalue weighted by Gasteiger charge is -2.24. The van der Waals surface area contributed by atoms with E-state index >= 15 is 0 Å². The van der Waals surface area contributed by atoms with Gasteiger partial charge < -0.3 is 4.74 Å². The summed E-state index contributed by atoms with van der Waals surface area (Å²) in [7, 11) is 0. The van der Waals surface area contributed by atoms with Crippen molar-refractivity contribution in [1.82, 2.24) is 0 Å². The van der Waals surface area contributed by atoms with Crippen molar-refractivity contribution in [3.05, 3.63) is 182 Å². The largest absolute Gasteiger partial charge is 0.456 e. The van der Waals surface area contributed by atoms with Crippen LogP contribution in [0.25, 0.3) is 98.4 Å². The Morgan fingerprint density at radius 2 is 0.843 bits per heavy atom. The van der Waals surface area contributed by atoms with Gasteiger partial charge in [0.25, 0.3) is 0 Å². The maximum atomic E-state index is 6.76. The zero-order chi connectivity index (χ0) is 33.5. The lowest BCUT2D eigenvalue weighted by molar-refractivity contribution is 0.487. The van der Waals surface area contributed by atoms with Crippen LogP contribution in [0.5, 0.6) is 11.5 Å². The molecule has 0 fully saturated rings. The average molecular weight is 647 g/mol. The van der Waals surface area contributed by atoms with Gasteiger partial charge >= 0.3 is 0 Å². The number of hydrogen-bond donors (Lipinski definition) is 0. The standard InChI is InChI=1S/C50H30O/c1-2-12-32(13-3-1)36-25-26-41(38-16-7-6-15-37(36)38)44-29-46-43-19-10-20-48-50(43)47(30-45(46)40-18-9-8-17-39(40)44)42-24-23-35(28-49(42)51-48)34-22-21-31-11-4-5-14-33(31)27-34/h1-30H. The van der Waals surface area contributed by atoms with E-state index in [-0.39, 0.29) is 0 Å². The van der Waals surface area contributed by atoms with Crippen LogP contribution in [-0.2, 0) is 0 Å². The van der Waals surface area contributed by atoms with Crippen LogP contribution < -0.4 is 4.74 Å². The van der Waals surface area contributed by atoms with E-state index in [0.29, 0.717) is 0 Å². The number of benzene rings is 10. The molecule has 0 aliphatic carbocycles. The fourth-order valence-electron chi connectivity index (χ4n) is 8.45. The smallest absolute Gasteiger partial charge is 0.135 e. The maximum absolute atomic E-state index is 6.76. The third kappa shape index (κ3) is 4.28. The molecule has 0 unspecified atom stereocenters. The van der Waals surface area contributed by atoms with Gasteiger partial charge in [0.1, 0.15) is 11.5 Å². The Morgan fingerprint density at radius 3 is 1.69 bits per heavy atom. The van der Waals surface area contributed by atoms with E-state index in [1.54, 1.807) is 0 Å². The van der Waals surface area contributed by atoms with Gasteiger partial charge in [-0.3, -0.25) is 0 Å². The van der Waals surface area contributed by atoms with Crippen LogP contribution in [0.1, 0.15) is 0 Å². The van der Waals surface area contributed by atoms with Crippen LogP contribution in [0.3, 0.4) is 0 Å². The topological polar surface area (TPSA) is 9.23 Å². The van der Waals surface area contributed by atoms with Crippen molar-refractivity contribution >= 4 is 53.9 Å². The molecule has 1 heteroatoms. The molecule has 1 aliphatic rings. The Bertz CT molecular complexity index is 3040. The van der Waals surface area contributed by atoms with Crippen LogP contribution in [0.4, 0.5) is 0 Å². The molecule has 0 radical (unpaired) electrons. The first-order chi connectivity index (χ1) is 25.3. The van der Waals surface area contributed by atoms with Crippen LogP contribution >= 0.6 is 0 Å². The van der Waals surface area contributed by atoms with Gasteiger partial charge in [0, 0.05) is 10.9 Å². The highest BCUT2D eigenvalue weighted by Gasteiger charge is 2.24. The van der Waals surface area contributed by atoms with Crippen molar-refractivity contribution in [1.29, 1.82) is 0 Å². The zero-order valence-corrected chi connectivity index (χ0v) is 27.7. The first-order valence-electron chi connectivity index (χ1n) is 17.6. The van der Waals surface area contributed by atoms with Crippen LogP contribution in [0, 0.1) is 0 Å². The normalized spacial score (nSPS) is 12.1. The van der Waals surface area contributed by atoms with E-state index in [4.69, 9.17) is 4.74 Å². The second kappa shape index (κ2) is 10.9. The number of fused-ring (bicyclic) bond motifs is 8. The van der Waals surface area contributed by atoms with Gasteiger partial charge in [-0.2, -0.15) is 0 Å². The fraction of sp³-hybridized carbons (Fsp3) is 0. The lowest BCUT2D eigenvalue weighted by atomic mass is 9.85. The second-order valence-electron chi connectivity index (χ2n) is 13.6. The van der Waals surface area contributed by atoms with Crippen molar-refractivity contribution in [2.24, 2.45) is 0 Å². The number of ether oxygens (including phenoxy) is 1. The fourth-order valence-corrected chi connectivity index (χ4v) is 8.45. The quantitative estimate of drug-likeness (QED) is 0.174. The molecule has 1 heterocycles.